The number of rotatable bonds is 6. The van der Waals surface area contributed by atoms with E-state index in [-0.39, 0.29) is 18.4 Å². The van der Waals surface area contributed by atoms with Crippen LogP contribution in [0.5, 0.6) is 0 Å². The molecular weight excluding hydrogens is 370 g/mol. The van der Waals surface area contributed by atoms with Gasteiger partial charge in [0, 0.05) is 25.1 Å². The van der Waals surface area contributed by atoms with E-state index in [0.29, 0.717) is 37.3 Å². The first-order chi connectivity index (χ1) is 13.0. The van der Waals surface area contributed by atoms with Crippen LogP contribution in [0.2, 0.25) is 0 Å². The summed E-state index contributed by atoms with van der Waals surface area (Å²) >= 11 is 1.31. The molecule has 1 fully saturated rings. The van der Waals surface area contributed by atoms with Crippen molar-refractivity contribution in [2.45, 2.75) is 58.2 Å². The third-order valence-corrected chi connectivity index (χ3v) is 5.80. The highest BCUT2D eigenvalue weighted by atomic mass is 32.1. The van der Waals surface area contributed by atoms with Gasteiger partial charge in [0.25, 0.3) is 5.91 Å². The van der Waals surface area contributed by atoms with Gasteiger partial charge >= 0.3 is 6.09 Å². The van der Waals surface area contributed by atoms with Gasteiger partial charge < -0.3 is 15.0 Å². The summed E-state index contributed by atoms with van der Waals surface area (Å²) in [7, 11) is 0. The second-order valence-corrected chi connectivity index (χ2v) is 7.54. The molecule has 1 atom stereocenters. The first kappa shape index (κ1) is 19.3. The van der Waals surface area contributed by atoms with E-state index < -0.39 is 18.0 Å². The predicted molar refractivity (Wildman–Crippen MR) is 98.1 cm³/mol. The average molecular weight is 393 g/mol. The summed E-state index contributed by atoms with van der Waals surface area (Å²) in [5, 5.41) is 6.89. The fourth-order valence-electron chi connectivity index (χ4n) is 3.24. The van der Waals surface area contributed by atoms with Crippen LogP contribution in [0.3, 0.4) is 0 Å². The van der Waals surface area contributed by atoms with E-state index in [1.54, 1.807) is 0 Å². The minimum Gasteiger partial charge on any atom is -0.450 e. The predicted octanol–water partition coefficient (Wildman–Crippen LogP) is 1.93. The summed E-state index contributed by atoms with van der Waals surface area (Å²) in [4.78, 5) is 50.3. The van der Waals surface area contributed by atoms with Crippen LogP contribution in [0.25, 0.3) is 0 Å². The lowest BCUT2D eigenvalue weighted by atomic mass is 10.1. The molecule has 3 heterocycles. The highest BCUT2D eigenvalue weighted by molar-refractivity contribution is 7.12. The largest absolute Gasteiger partial charge is 0.450 e. The fraction of sp³-hybridized carbons (Fsp3) is 0.556. The Balaban J connectivity index is 1.63. The van der Waals surface area contributed by atoms with Crippen molar-refractivity contribution >= 4 is 35.2 Å². The number of amides is 4. The minimum absolute atomic E-state index is 0.193. The van der Waals surface area contributed by atoms with Crippen molar-refractivity contribution in [3.8, 4) is 0 Å². The van der Waals surface area contributed by atoms with Gasteiger partial charge in [0.1, 0.15) is 6.04 Å². The van der Waals surface area contributed by atoms with Gasteiger partial charge in [-0.3, -0.25) is 19.7 Å². The Morgan fingerprint density at radius 1 is 1.41 bits per heavy atom. The van der Waals surface area contributed by atoms with E-state index in [4.69, 9.17) is 4.74 Å². The maximum atomic E-state index is 12.7. The van der Waals surface area contributed by atoms with Crippen LogP contribution in [0, 0.1) is 0 Å². The van der Waals surface area contributed by atoms with E-state index >= 15 is 0 Å². The van der Waals surface area contributed by atoms with Gasteiger partial charge in [-0.15, -0.1) is 11.3 Å². The topological polar surface area (TPSA) is 105 Å². The number of ether oxygens (including phenoxy) is 1. The second kappa shape index (κ2) is 8.51. The van der Waals surface area contributed by atoms with Crippen LogP contribution >= 0.6 is 11.3 Å². The van der Waals surface area contributed by atoms with Gasteiger partial charge in [-0.25, -0.2) is 4.79 Å². The molecule has 8 nitrogen and oxygen atoms in total. The standard InChI is InChI=1S/C18H23N3O5S/c1-2-3-7-26-18(25)19-8-11-10-27-15-12(11)9-21(17(15)24)13-5-4-6-14(22)20-16(13)23/h10,13H,2-9H2,1H3,(H,19,25)(H,20,22,23). The number of alkyl carbamates (subject to hydrolysis) is 1. The van der Waals surface area contributed by atoms with Crippen molar-refractivity contribution in [1.82, 2.24) is 15.5 Å². The molecule has 2 N–H and O–H groups in total. The smallest absolute Gasteiger partial charge is 0.407 e. The first-order valence-electron chi connectivity index (χ1n) is 9.15. The van der Waals surface area contributed by atoms with Gasteiger partial charge in [-0.2, -0.15) is 0 Å². The number of carbonyl (C=O) groups is 4. The monoisotopic (exact) mass is 393 g/mol. The van der Waals surface area contributed by atoms with E-state index in [2.05, 4.69) is 10.6 Å². The van der Waals surface area contributed by atoms with Gasteiger partial charge in [-0.1, -0.05) is 13.3 Å². The van der Waals surface area contributed by atoms with Crippen LogP contribution in [0.15, 0.2) is 5.38 Å². The van der Waals surface area contributed by atoms with E-state index in [1.807, 2.05) is 12.3 Å². The molecule has 4 amide bonds. The Labute approximate surface area is 161 Å². The average Bonchev–Trinajstić information content (AvgIpc) is 3.12. The van der Waals surface area contributed by atoms with Crippen LogP contribution in [-0.2, 0) is 27.4 Å². The van der Waals surface area contributed by atoms with Crippen LogP contribution in [0.4, 0.5) is 4.79 Å². The maximum absolute atomic E-state index is 12.7. The molecule has 1 aromatic heterocycles. The maximum Gasteiger partial charge on any atom is 0.407 e. The van der Waals surface area contributed by atoms with Crippen molar-refractivity contribution in [3.05, 3.63) is 21.4 Å². The summed E-state index contributed by atoms with van der Waals surface area (Å²) < 4.78 is 5.07. The lowest BCUT2D eigenvalue weighted by Gasteiger charge is -2.25. The molecule has 1 aromatic rings. The third kappa shape index (κ3) is 4.29. The van der Waals surface area contributed by atoms with Gasteiger partial charge in [0.2, 0.25) is 11.8 Å². The molecule has 0 saturated carbocycles. The zero-order valence-corrected chi connectivity index (χ0v) is 16.0. The number of unbranched alkanes of at least 4 members (excludes halogenated alkanes) is 1. The normalized spacial score (nSPS) is 19.5. The molecular formula is C18H23N3O5S. The summed E-state index contributed by atoms with van der Waals surface area (Å²) in [5.41, 5.74) is 1.69. The number of hydrogen-bond donors (Lipinski definition) is 2. The molecule has 3 rings (SSSR count). The van der Waals surface area contributed by atoms with Crippen LogP contribution < -0.4 is 10.6 Å². The minimum atomic E-state index is -0.636. The number of imide groups is 1. The highest BCUT2D eigenvalue weighted by Gasteiger charge is 2.39. The van der Waals surface area contributed by atoms with Crippen molar-refractivity contribution in [1.29, 1.82) is 0 Å². The van der Waals surface area contributed by atoms with Crippen molar-refractivity contribution < 1.29 is 23.9 Å². The Hall–Kier alpha value is -2.42. The number of fused-ring (bicyclic) bond motifs is 1. The molecule has 1 unspecified atom stereocenters. The highest BCUT2D eigenvalue weighted by Crippen LogP contribution is 2.34. The molecule has 0 aromatic carbocycles. The third-order valence-electron chi connectivity index (χ3n) is 4.74. The lowest BCUT2D eigenvalue weighted by Crippen LogP contribution is -2.47. The zero-order chi connectivity index (χ0) is 19.4. The first-order valence-corrected chi connectivity index (χ1v) is 10.0. The summed E-state index contributed by atoms with van der Waals surface area (Å²) in [5.74, 6) is -0.906. The summed E-state index contributed by atoms with van der Waals surface area (Å²) in [6.45, 7) is 2.98. The molecule has 2 aliphatic heterocycles. The summed E-state index contributed by atoms with van der Waals surface area (Å²) in [6, 6.07) is -0.636. The van der Waals surface area contributed by atoms with E-state index in [1.165, 1.54) is 16.2 Å². The Kier molecular flexibility index (Phi) is 6.10. The van der Waals surface area contributed by atoms with E-state index in [0.717, 1.165) is 24.0 Å². The fourth-order valence-corrected chi connectivity index (χ4v) is 4.28. The van der Waals surface area contributed by atoms with Crippen LogP contribution in [-0.4, -0.2) is 41.4 Å². The lowest BCUT2D eigenvalue weighted by molar-refractivity contribution is -0.132. The second-order valence-electron chi connectivity index (χ2n) is 6.67. The van der Waals surface area contributed by atoms with Crippen molar-refractivity contribution in [2.75, 3.05) is 6.61 Å². The SMILES string of the molecule is CCCCOC(=O)NCc1csc2c1CN(C1CCCC(=O)NC1=O)C2=O. The molecule has 27 heavy (non-hydrogen) atoms. The quantitative estimate of drug-likeness (QED) is 0.568. The number of nitrogens with one attached hydrogen (secondary N) is 2. The summed E-state index contributed by atoms with van der Waals surface area (Å²) in [6.07, 6.45) is 2.61. The molecule has 1 saturated heterocycles. The Morgan fingerprint density at radius 3 is 3.00 bits per heavy atom. The molecule has 2 aliphatic rings. The molecule has 9 heteroatoms. The Morgan fingerprint density at radius 2 is 2.22 bits per heavy atom. The van der Waals surface area contributed by atoms with Gasteiger partial charge in [0.05, 0.1) is 11.5 Å². The molecule has 0 aliphatic carbocycles. The van der Waals surface area contributed by atoms with Crippen molar-refractivity contribution in [3.63, 3.8) is 0 Å². The van der Waals surface area contributed by atoms with Crippen molar-refractivity contribution in [2.24, 2.45) is 0 Å². The molecule has 0 spiro atoms. The molecule has 0 radical (unpaired) electrons. The van der Waals surface area contributed by atoms with E-state index in [9.17, 15) is 19.2 Å². The number of nitrogens with zero attached hydrogens (tertiary/aromatic N) is 1. The van der Waals surface area contributed by atoms with Gasteiger partial charge in [-0.05, 0) is 30.2 Å². The number of hydrogen-bond acceptors (Lipinski definition) is 6. The number of carbonyl (C=O) groups excluding carboxylic acids is 4. The number of thiophene rings is 1. The molecule has 146 valence electrons. The van der Waals surface area contributed by atoms with Crippen LogP contribution in [0.1, 0.15) is 59.8 Å². The van der Waals surface area contributed by atoms with Gasteiger partial charge in [0.15, 0.2) is 0 Å². The molecule has 0 bridgehead atoms. The Bertz CT molecular complexity index is 760. The zero-order valence-electron chi connectivity index (χ0n) is 15.2.